The number of aromatic nitrogens is 3. The fourth-order valence-electron chi connectivity index (χ4n) is 2.96. The number of hydrogen-bond donors (Lipinski definition) is 1. The van der Waals surface area contributed by atoms with Crippen LogP contribution in [0, 0.1) is 0 Å². The molecular formula is C19H16N4O3S. The average molecular weight is 380 g/mol. The highest BCUT2D eigenvalue weighted by Crippen LogP contribution is 2.22. The van der Waals surface area contributed by atoms with Crippen molar-refractivity contribution in [2.75, 3.05) is 6.54 Å². The van der Waals surface area contributed by atoms with Crippen LogP contribution in [0.4, 0.5) is 0 Å². The topological polar surface area (TPSA) is 93.9 Å². The highest BCUT2D eigenvalue weighted by Gasteiger charge is 2.16. The highest BCUT2D eigenvalue weighted by atomic mass is 32.2. The van der Waals surface area contributed by atoms with E-state index in [0.717, 1.165) is 10.1 Å². The third-order valence-corrected chi connectivity index (χ3v) is 5.80. The van der Waals surface area contributed by atoms with E-state index in [0.29, 0.717) is 16.3 Å². The molecule has 0 saturated heterocycles. The third kappa shape index (κ3) is 3.32. The van der Waals surface area contributed by atoms with E-state index in [1.807, 2.05) is 18.2 Å². The van der Waals surface area contributed by atoms with Crippen LogP contribution in [0.3, 0.4) is 0 Å². The maximum Gasteiger partial charge on any atom is 0.277 e. The largest absolute Gasteiger partial charge is 0.277 e. The van der Waals surface area contributed by atoms with Crippen molar-refractivity contribution in [3.63, 3.8) is 0 Å². The Hall–Kier alpha value is -3.10. The molecule has 136 valence electrons. The molecule has 3 aromatic carbocycles. The molecule has 0 aliphatic heterocycles. The zero-order valence-electron chi connectivity index (χ0n) is 14.2. The standard InChI is InChI=1S/C19H16N4O3S/c24-19-16-9-3-4-10-17(16)21-22-23(19)13-12-20-27(25,26)18-11-5-7-14-6-1-2-8-15(14)18/h1-11,20H,12-13H2. The summed E-state index contributed by atoms with van der Waals surface area (Å²) in [5, 5.41) is 9.80. The molecular weight excluding hydrogens is 364 g/mol. The summed E-state index contributed by atoms with van der Waals surface area (Å²) in [5.41, 5.74) is 0.208. The minimum absolute atomic E-state index is 0.0263. The Morgan fingerprint density at radius 1 is 0.889 bits per heavy atom. The Labute approximate surface area is 155 Å². The molecule has 0 aliphatic carbocycles. The number of sulfonamides is 1. The van der Waals surface area contributed by atoms with E-state index in [9.17, 15) is 13.2 Å². The van der Waals surface area contributed by atoms with Crippen molar-refractivity contribution in [1.82, 2.24) is 19.7 Å². The van der Waals surface area contributed by atoms with Crippen molar-refractivity contribution in [2.24, 2.45) is 0 Å². The van der Waals surface area contributed by atoms with Gasteiger partial charge in [0, 0.05) is 11.9 Å². The predicted octanol–water partition coefficient (Wildman–Crippen LogP) is 1.92. The van der Waals surface area contributed by atoms with E-state index in [1.54, 1.807) is 48.5 Å². The number of benzene rings is 3. The molecule has 0 bridgehead atoms. The van der Waals surface area contributed by atoms with Crippen molar-refractivity contribution in [2.45, 2.75) is 11.4 Å². The summed E-state index contributed by atoms with van der Waals surface area (Å²) in [6.45, 7) is 0.110. The van der Waals surface area contributed by atoms with Crippen LogP contribution in [-0.4, -0.2) is 30.0 Å². The molecule has 7 nitrogen and oxygen atoms in total. The third-order valence-electron chi connectivity index (χ3n) is 4.28. The van der Waals surface area contributed by atoms with E-state index in [4.69, 9.17) is 0 Å². The molecule has 0 amide bonds. The Bertz CT molecular complexity index is 1290. The number of fused-ring (bicyclic) bond motifs is 2. The van der Waals surface area contributed by atoms with Gasteiger partial charge in [0.05, 0.1) is 16.8 Å². The van der Waals surface area contributed by atoms with Gasteiger partial charge in [0.1, 0.15) is 5.52 Å². The average Bonchev–Trinajstić information content (AvgIpc) is 2.69. The van der Waals surface area contributed by atoms with Crippen LogP contribution in [-0.2, 0) is 16.6 Å². The lowest BCUT2D eigenvalue weighted by molar-refractivity contribution is 0.532. The lowest BCUT2D eigenvalue weighted by Gasteiger charge is -2.10. The first-order chi connectivity index (χ1) is 13.1. The second-order valence-corrected chi connectivity index (χ2v) is 7.75. The molecule has 0 aliphatic rings. The summed E-state index contributed by atoms with van der Waals surface area (Å²) in [5.74, 6) is 0. The van der Waals surface area contributed by atoms with Crippen molar-refractivity contribution in [3.8, 4) is 0 Å². The van der Waals surface area contributed by atoms with Crippen LogP contribution in [0.15, 0.2) is 76.4 Å². The van der Waals surface area contributed by atoms with Crippen LogP contribution in [0.2, 0.25) is 0 Å². The Balaban J connectivity index is 1.56. The van der Waals surface area contributed by atoms with Crippen LogP contribution in [0.25, 0.3) is 21.7 Å². The van der Waals surface area contributed by atoms with Gasteiger partial charge in [-0.05, 0) is 23.6 Å². The maximum atomic E-state index is 12.7. The van der Waals surface area contributed by atoms with Crippen LogP contribution in [0.5, 0.6) is 0 Å². The van der Waals surface area contributed by atoms with Gasteiger partial charge in [0.15, 0.2) is 0 Å². The molecule has 0 saturated carbocycles. The van der Waals surface area contributed by atoms with E-state index >= 15 is 0 Å². The lowest BCUT2D eigenvalue weighted by atomic mass is 10.1. The molecule has 0 unspecified atom stereocenters. The maximum absolute atomic E-state index is 12.7. The number of nitrogens with zero attached hydrogens (tertiary/aromatic N) is 3. The molecule has 1 heterocycles. The summed E-state index contributed by atoms with van der Waals surface area (Å²) in [4.78, 5) is 12.6. The minimum atomic E-state index is -3.73. The van der Waals surface area contributed by atoms with Gasteiger partial charge in [0.2, 0.25) is 10.0 Å². The Morgan fingerprint density at radius 2 is 1.59 bits per heavy atom. The quantitative estimate of drug-likeness (QED) is 0.571. The fourth-order valence-corrected chi connectivity index (χ4v) is 4.21. The van der Waals surface area contributed by atoms with E-state index in [1.165, 1.54) is 0 Å². The predicted molar refractivity (Wildman–Crippen MR) is 103 cm³/mol. The van der Waals surface area contributed by atoms with Gasteiger partial charge in [0.25, 0.3) is 5.56 Å². The van der Waals surface area contributed by atoms with Gasteiger partial charge in [-0.1, -0.05) is 53.7 Å². The first kappa shape index (κ1) is 17.3. The smallest absolute Gasteiger partial charge is 0.267 e. The van der Waals surface area contributed by atoms with Crippen LogP contribution < -0.4 is 10.3 Å². The Kier molecular flexibility index (Phi) is 4.43. The van der Waals surface area contributed by atoms with Crippen molar-refractivity contribution in [1.29, 1.82) is 0 Å². The SMILES string of the molecule is O=c1c2ccccc2nnn1CCNS(=O)(=O)c1cccc2ccccc12. The van der Waals surface area contributed by atoms with Gasteiger partial charge >= 0.3 is 0 Å². The second-order valence-electron chi connectivity index (χ2n) is 6.01. The first-order valence-corrected chi connectivity index (χ1v) is 9.84. The highest BCUT2D eigenvalue weighted by molar-refractivity contribution is 7.89. The fraction of sp³-hybridized carbons (Fsp3) is 0.105. The van der Waals surface area contributed by atoms with E-state index in [-0.39, 0.29) is 23.5 Å². The van der Waals surface area contributed by atoms with Gasteiger partial charge in [-0.25, -0.2) is 17.8 Å². The molecule has 27 heavy (non-hydrogen) atoms. The monoisotopic (exact) mass is 380 g/mol. The van der Waals surface area contributed by atoms with Gasteiger partial charge in [-0.15, -0.1) is 5.10 Å². The number of hydrogen-bond acceptors (Lipinski definition) is 5. The molecule has 1 N–H and O–H groups in total. The molecule has 1 aromatic heterocycles. The molecule has 0 fully saturated rings. The van der Waals surface area contributed by atoms with Crippen molar-refractivity contribution >= 4 is 31.7 Å². The minimum Gasteiger partial charge on any atom is -0.267 e. The zero-order chi connectivity index (χ0) is 18.9. The number of rotatable bonds is 5. The van der Waals surface area contributed by atoms with Gasteiger partial charge in [-0.2, -0.15) is 0 Å². The van der Waals surface area contributed by atoms with Crippen LogP contribution in [0.1, 0.15) is 0 Å². The van der Waals surface area contributed by atoms with E-state index < -0.39 is 10.0 Å². The molecule has 4 aromatic rings. The lowest BCUT2D eigenvalue weighted by Crippen LogP contribution is -2.32. The molecule has 0 radical (unpaired) electrons. The summed E-state index contributed by atoms with van der Waals surface area (Å²) >= 11 is 0. The van der Waals surface area contributed by atoms with Crippen molar-refractivity contribution in [3.05, 3.63) is 77.1 Å². The Morgan fingerprint density at radius 3 is 2.44 bits per heavy atom. The molecule has 8 heteroatoms. The molecule has 0 spiro atoms. The molecule has 4 rings (SSSR count). The molecule has 0 atom stereocenters. The summed E-state index contributed by atoms with van der Waals surface area (Å²) in [6.07, 6.45) is 0. The van der Waals surface area contributed by atoms with Crippen LogP contribution >= 0.6 is 0 Å². The summed E-state index contributed by atoms with van der Waals surface area (Å²) in [6, 6.07) is 19.3. The van der Waals surface area contributed by atoms with E-state index in [2.05, 4.69) is 15.0 Å². The van der Waals surface area contributed by atoms with Gasteiger partial charge in [-0.3, -0.25) is 4.79 Å². The summed E-state index contributed by atoms with van der Waals surface area (Å²) in [7, 11) is -3.73. The summed E-state index contributed by atoms with van der Waals surface area (Å²) < 4.78 is 29.1. The second kappa shape index (κ2) is 6.90. The van der Waals surface area contributed by atoms with Gasteiger partial charge < -0.3 is 0 Å². The first-order valence-electron chi connectivity index (χ1n) is 8.36. The number of nitrogens with one attached hydrogen (secondary N) is 1. The normalized spacial score (nSPS) is 11.9. The van der Waals surface area contributed by atoms with Crippen molar-refractivity contribution < 1.29 is 8.42 Å². The zero-order valence-corrected chi connectivity index (χ0v) is 15.1.